The molecule has 1 aliphatic heterocycles. The first kappa shape index (κ1) is 15.5. The van der Waals surface area contributed by atoms with E-state index < -0.39 is 12.1 Å². The van der Waals surface area contributed by atoms with E-state index in [0.29, 0.717) is 26.0 Å². The van der Waals surface area contributed by atoms with Crippen LogP contribution in [0.2, 0.25) is 0 Å². The lowest BCUT2D eigenvalue weighted by Gasteiger charge is -2.31. The number of amides is 1. The number of aryl methyl sites for hydroxylation is 2. The largest absolute Gasteiger partial charge is 0.467 e. The zero-order valence-electron chi connectivity index (χ0n) is 12.5. The van der Waals surface area contributed by atoms with Gasteiger partial charge in [0.25, 0.3) is 0 Å². The molecule has 1 heterocycles. The van der Waals surface area contributed by atoms with E-state index in [1.165, 1.54) is 12.7 Å². The average Bonchev–Trinajstić information content (AvgIpc) is 2.53. The van der Waals surface area contributed by atoms with E-state index in [1.54, 1.807) is 4.90 Å². The van der Waals surface area contributed by atoms with Gasteiger partial charge in [0.2, 0.25) is 5.91 Å². The molecule has 1 saturated heterocycles. The summed E-state index contributed by atoms with van der Waals surface area (Å²) in [6.07, 6.45) is 0.489. The summed E-state index contributed by atoms with van der Waals surface area (Å²) in [6.45, 7) is 3.21. The second kappa shape index (κ2) is 7.22. The number of rotatable bonds is 4. The van der Waals surface area contributed by atoms with Gasteiger partial charge in [-0.3, -0.25) is 4.79 Å². The summed E-state index contributed by atoms with van der Waals surface area (Å²) in [4.78, 5) is 25.4. The van der Waals surface area contributed by atoms with Gasteiger partial charge in [-0.1, -0.05) is 29.8 Å². The standard InChI is InChI=1S/C16H21NO4/c1-12-3-5-13(6-4-12)7-8-15(18)17-9-10-21-14(11-17)16(19)20-2/h3-6,14H,7-11H2,1-2H3. The second-order valence-corrected chi connectivity index (χ2v) is 5.21. The lowest BCUT2D eigenvalue weighted by molar-refractivity contribution is -0.162. The van der Waals surface area contributed by atoms with Crippen LogP contribution in [-0.4, -0.2) is 49.7 Å². The van der Waals surface area contributed by atoms with Crippen LogP contribution in [0.1, 0.15) is 17.5 Å². The summed E-state index contributed by atoms with van der Waals surface area (Å²) in [6, 6.07) is 8.17. The Hall–Kier alpha value is -1.88. The van der Waals surface area contributed by atoms with Gasteiger partial charge >= 0.3 is 5.97 Å². The smallest absolute Gasteiger partial charge is 0.336 e. The van der Waals surface area contributed by atoms with Crippen molar-refractivity contribution in [2.75, 3.05) is 26.8 Å². The van der Waals surface area contributed by atoms with E-state index in [9.17, 15) is 9.59 Å². The SMILES string of the molecule is COC(=O)C1CN(C(=O)CCc2ccc(C)cc2)CCO1. The lowest BCUT2D eigenvalue weighted by Crippen LogP contribution is -2.48. The summed E-state index contributed by atoms with van der Waals surface area (Å²) in [5, 5.41) is 0. The number of carbonyl (C=O) groups is 2. The Bertz CT molecular complexity index is 498. The first-order valence-corrected chi connectivity index (χ1v) is 7.13. The summed E-state index contributed by atoms with van der Waals surface area (Å²) >= 11 is 0. The van der Waals surface area contributed by atoms with Crippen LogP contribution in [-0.2, 0) is 25.5 Å². The summed E-state index contributed by atoms with van der Waals surface area (Å²) in [5.41, 5.74) is 2.35. The Morgan fingerprint density at radius 3 is 2.71 bits per heavy atom. The molecule has 0 saturated carbocycles. The zero-order chi connectivity index (χ0) is 15.2. The molecule has 1 aromatic carbocycles. The van der Waals surface area contributed by atoms with Gasteiger partial charge in [0, 0.05) is 13.0 Å². The minimum atomic E-state index is -0.660. The molecule has 21 heavy (non-hydrogen) atoms. The molecule has 1 aliphatic rings. The Labute approximate surface area is 124 Å². The highest BCUT2D eigenvalue weighted by molar-refractivity contribution is 5.79. The molecule has 5 heteroatoms. The van der Waals surface area contributed by atoms with Gasteiger partial charge in [0.15, 0.2) is 6.10 Å². The van der Waals surface area contributed by atoms with Crippen molar-refractivity contribution in [2.24, 2.45) is 0 Å². The fraction of sp³-hybridized carbons (Fsp3) is 0.500. The molecule has 0 aromatic heterocycles. The number of carbonyl (C=O) groups excluding carboxylic acids is 2. The summed E-state index contributed by atoms with van der Waals surface area (Å²) < 4.78 is 9.97. The summed E-state index contributed by atoms with van der Waals surface area (Å²) in [5.74, 6) is -0.376. The number of nitrogens with zero attached hydrogens (tertiary/aromatic N) is 1. The first-order valence-electron chi connectivity index (χ1n) is 7.13. The predicted molar refractivity (Wildman–Crippen MR) is 77.8 cm³/mol. The molecule has 0 radical (unpaired) electrons. The third kappa shape index (κ3) is 4.29. The Morgan fingerprint density at radius 2 is 2.05 bits per heavy atom. The Morgan fingerprint density at radius 1 is 1.33 bits per heavy atom. The fourth-order valence-corrected chi connectivity index (χ4v) is 2.31. The van der Waals surface area contributed by atoms with Crippen molar-refractivity contribution in [3.63, 3.8) is 0 Å². The maximum Gasteiger partial charge on any atom is 0.336 e. The Kier molecular flexibility index (Phi) is 5.33. The fourth-order valence-electron chi connectivity index (χ4n) is 2.31. The van der Waals surface area contributed by atoms with E-state index in [0.717, 1.165) is 5.56 Å². The van der Waals surface area contributed by atoms with Crippen molar-refractivity contribution in [2.45, 2.75) is 25.9 Å². The highest BCUT2D eigenvalue weighted by Gasteiger charge is 2.29. The first-order chi connectivity index (χ1) is 10.1. The minimum Gasteiger partial charge on any atom is -0.467 e. The van der Waals surface area contributed by atoms with Gasteiger partial charge in [-0.2, -0.15) is 0 Å². The monoisotopic (exact) mass is 291 g/mol. The van der Waals surface area contributed by atoms with Crippen molar-refractivity contribution < 1.29 is 19.1 Å². The number of benzene rings is 1. The van der Waals surface area contributed by atoms with Crippen LogP contribution in [0.15, 0.2) is 24.3 Å². The number of methoxy groups -OCH3 is 1. The van der Waals surface area contributed by atoms with Crippen molar-refractivity contribution in [3.05, 3.63) is 35.4 Å². The lowest BCUT2D eigenvalue weighted by atomic mass is 10.1. The molecule has 2 rings (SSSR count). The molecule has 0 aliphatic carbocycles. The molecule has 1 unspecified atom stereocenters. The topological polar surface area (TPSA) is 55.8 Å². The van der Waals surface area contributed by atoms with Crippen molar-refractivity contribution in [1.29, 1.82) is 0 Å². The van der Waals surface area contributed by atoms with Gasteiger partial charge in [0.05, 0.1) is 20.3 Å². The maximum absolute atomic E-state index is 12.2. The zero-order valence-corrected chi connectivity index (χ0v) is 12.5. The quantitative estimate of drug-likeness (QED) is 0.785. The van der Waals surface area contributed by atoms with Crippen LogP contribution in [0.25, 0.3) is 0 Å². The highest BCUT2D eigenvalue weighted by Crippen LogP contribution is 2.11. The number of ether oxygens (including phenoxy) is 2. The maximum atomic E-state index is 12.2. The van der Waals surface area contributed by atoms with Crippen LogP contribution >= 0.6 is 0 Å². The molecule has 114 valence electrons. The van der Waals surface area contributed by atoms with Crippen LogP contribution in [0.4, 0.5) is 0 Å². The molecule has 0 N–H and O–H groups in total. The van der Waals surface area contributed by atoms with Gasteiger partial charge in [0.1, 0.15) is 0 Å². The molecule has 1 aromatic rings. The molecule has 1 amide bonds. The van der Waals surface area contributed by atoms with Crippen LogP contribution in [0.3, 0.4) is 0 Å². The van der Waals surface area contributed by atoms with Crippen molar-refractivity contribution >= 4 is 11.9 Å². The third-order valence-corrected chi connectivity index (χ3v) is 3.63. The minimum absolute atomic E-state index is 0.0489. The van der Waals surface area contributed by atoms with Crippen LogP contribution in [0.5, 0.6) is 0 Å². The molecule has 0 spiro atoms. The van der Waals surface area contributed by atoms with Crippen LogP contribution < -0.4 is 0 Å². The molecular weight excluding hydrogens is 270 g/mol. The van der Waals surface area contributed by atoms with E-state index in [1.807, 2.05) is 31.2 Å². The van der Waals surface area contributed by atoms with E-state index in [-0.39, 0.29) is 12.5 Å². The third-order valence-electron chi connectivity index (χ3n) is 3.63. The van der Waals surface area contributed by atoms with E-state index in [4.69, 9.17) is 4.74 Å². The number of hydrogen-bond donors (Lipinski definition) is 0. The van der Waals surface area contributed by atoms with Crippen molar-refractivity contribution in [3.8, 4) is 0 Å². The van der Waals surface area contributed by atoms with Gasteiger partial charge in [-0.05, 0) is 18.9 Å². The molecular formula is C16H21NO4. The van der Waals surface area contributed by atoms with Gasteiger partial charge in [-0.15, -0.1) is 0 Å². The van der Waals surface area contributed by atoms with E-state index in [2.05, 4.69) is 4.74 Å². The van der Waals surface area contributed by atoms with Gasteiger partial charge in [-0.25, -0.2) is 4.79 Å². The second-order valence-electron chi connectivity index (χ2n) is 5.21. The van der Waals surface area contributed by atoms with E-state index >= 15 is 0 Å². The Balaban J connectivity index is 1.85. The van der Waals surface area contributed by atoms with Crippen LogP contribution in [0, 0.1) is 6.92 Å². The molecule has 5 nitrogen and oxygen atoms in total. The predicted octanol–water partition coefficient (Wildman–Crippen LogP) is 1.33. The normalized spacial score (nSPS) is 18.4. The highest BCUT2D eigenvalue weighted by atomic mass is 16.6. The number of esters is 1. The summed E-state index contributed by atoms with van der Waals surface area (Å²) in [7, 11) is 1.32. The van der Waals surface area contributed by atoms with Gasteiger partial charge < -0.3 is 14.4 Å². The average molecular weight is 291 g/mol. The number of morpholine rings is 1. The molecule has 1 atom stereocenters. The van der Waals surface area contributed by atoms with Crippen molar-refractivity contribution in [1.82, 2.24) is 4.90 Å². The molecule has 1 fully saturated rings. The molecule has 0 bridgehead atoms. The number of hydrogen-bond acceptors (Lipinski definition) is 4.